The van der Waals surface area contributed by atoms with E-state index >= 15 is 0 Å². The van der Waals surface area contributed by atoms with E-state index in [1.807, 2.05) is 5.38 Å². The van der Waals surface area contributed by atoms with Crippen molar-refractivity contribution in [2.45, 2.75) is 50.9 Å². The Bertz CT molecular complexity index is 543. The minimum atomic E-state index is 0.456. The Morgan fingerprint density at radius 1 is 1.20 bits per heavy atom. The van der Waals surface area contributed by atoms with Gasteiger partial charge in [-0.2, -0.15) is 4.98 Å². The summed E-state index contributed by atoms with van der Waals surface area (Å²) in [5, 5.41) is 7.16. The van der Waals surface area contributed by atoms with E-state index in [2.05, 4.69) is 15.1 Å². The number of thiazole rings is 1. The second kappa shape index (κ2) is 6.45. The number of rotatable bonds is 4. The molecule has 0 unspecified atom stereocenters. The van der Waals surface area contributed by atoms with Crippen molar-refractivity contribution in [3.05, 3.63) is 16.2 Å². The van der Waals surface area contributed by atoms with Crippen molar-refractivity contribution in [1.29, 1.82) is 0 Å². The van der Waals surface area contributed by atoms with Gasteiger partial charge in [-0.25, -0.2) is 4.98 Å². The first-order valence-electron chi connectivity index (χ1n) is 7.35. The summed E-state index contributed by atoms with van der Waals surface area (Å²) in [6.45, 7) is 0.615. The smallest absolute Gasteiger partial charge is 0.277 e. The third-order valence-corrected chi connectivity index (χ3v) is 4.70. The number of hydrogen-bond acceptors (Lipinski definition) is 6. The number of aromatic nitrogens is 3. The quantitative estimate of drug-likeness (QED) is 0.876. The van der Waals surface area contributed by atoms with E-state index in [1.165, 1.54) is 38.5 Å². The van der Waals surface area contributed by atoms with Crippen molar-refractivity contribution >= 4 is 11.3 Å². The minimum absolute atomic E-state index is 0.456. The van der Waals surface area contributed by atoms with Crippen LogP contribution in [0.25, 0.3) is 11.6 Å². The molecular formula is C14H20N4OS. The largest absolute Gasteiger partial charge is 0.332 e. The van der Waals surface area contributed by atoms with Crippen LogP contribution in [-0.2, 0) is 6.42 Å². The van der Waals surface area contributed by atoms with Crippen LogP contribution in [0.3, 0.4) is 0 Å². The van der Waals surface area contributed by atoms with Crippen LogP contribution in [0.1, 0.15) is 55.3 Å². The van der Waals surface area contributed by atoms with Crippen molar-refractivity contribution in [2.24, 2.45) is 5.73 Å². The Balaban J connectivity index is 1.74. The molecule has 1 aliphatic carbocycles. The van der Waals surface area contributed by atoms with Crippen LogP contribution in [0.4, 0.5) is 0 Å². The molecule has 2 aromatic heterocycles. The van der Waals surface area contributed by atoms with Crippen molar-refractivity contribution in [1.82, 2.24) is 15.1 Å². The van der Waals surface area contributed by atoms with Crippen LogP contribution in [0.2, 0.25) is 0 Å². The average Bonchev–Trinajstić information content (AvgIpc) is 3.03. The van der Waals surface area contributed by atoms with Crippen LogP contribution >= 0.6 is 11.3 Å². The number of nitrogens with two attached hydrogens (primary N) is 1. The van der Waals surface area contributed by atoms with Gasteiger partial charge in [0.2, 0.25) is 0 Å². The fourth-order valence-corrected chi connectivity index (χ4v) is 3.48. The Morgan fingerprint density at radius 3 is 2.75 bits per heavy atom. The highest BCUT2D eigenvalue weighted by Crippen LogP contribution is 2.31. The summed E-state index contributed by atoms with van der Waals surface area (Å²) in [6, 6.07) is 0. The van der Waals surface area contributed by atoms with Crippen molar-refractivity contribution in [2.75, 3.05) is 6.54 Å². The summed E-state index contributed by atoms with van der Waals surface area (Å²) in [5.74, 6) is 1.86. The van der Waals surface area contributed by atoms with Gasteiger partial charge in [-0.15, -0.1) is 11.3 Å². The number of nitrogens with zero attached hydrogens (tertiary/aromatic N) is 3. The molecule has 20 heavy (non-hydrogen) atoms. The summed E-state index contributed by atoms with van der Waals surface area (Å²) in [4.78, 5) is 9.04. The van der Waals surface area contributed by atoms with Gasteiger partial charge in [0.15, 0.2) is 5.82 Å². The minimum Gasteiger partial charge on any atom is -0.332 e. The lowest BCUT2D eigenvalue weighted by molar-refractivity contribution is 0.409. The molecule has 0 atom stereocenters. The fourth-order valence-electron chi connectivity index (χ4n) is 2.69. The Kier molecular flexibility index (Phi) is 4.42. The van der Waals surface area contributed by atoms with Crippen LogP contribution in [0.15, 0.2) is 9.90 Å². The van der Waals surface area contributed by atoms with Gasteiger partial charge in [-0.1, -0.05) is 30.8 Å². The molecule has 1 saturated carbocycles. The van der Waals surface area contributed by atoms with Gasteiger partial charge in [0.25, 0.3) is 5.89 Å². The van der Waals surface area contributed by atoms with Gasteiger partial charge in [0.05, 0.1) is 5.01 Å². The molecule has 2 N–H and O–H groups in total. The molecule has 0 bridgehead atoms. The standard InChI is InChI=1S/C14H20N4OS/c15-8-7-12-16-11(9-20-12)14-17-13(18-19-14)10-5-3-1-2-4-6-10/h9-10H,1-8,15H2. The van der Waals surface area contributed by atoms with E-state index in [1.54, 1.807) is 11.3 Å². The fraction of sp³-hybridized carbons (Fsp3) is 0.643. The van der Waals surface area contributed by atoms with E-state index in [-0.39, 0.29) is 0 Å². The second-order valence-corrected chi connectivity index (χ2v) is 6.25. The zero-order chi connectivity index (χ0) is 13.8. The molecule has 108 valence electrons. The van der Waals surface area contributed by atoms with Gasteiger partial charge in [-0.3, -0.25) is 0 Å². The van der Waals surface area contributed by atoms with Crippen LogP contribution in [0.5, 0.6) is 0 Å². The SMILES string of the molecule is NCCc1nc(-c2nc(C3CCCCCC3)no2)cs1. The first kappa shape index (κ1) is 13.7. The third-order valence-electron chi connectivity index (χ3n) is 3.79. The average molecular weight is 292 g/mol. The van der Waals surface area contributed by atoms with Gasteiger partial charge < -0.3 is 10.3 Å². The lowest BCUT2D eigenvalue weighted by Gasteiger charge is -2.07. The van der Waals surface area contributed by atoms with Gasteiger partial charge in [0.1, 0.15) is 5.69 Å². The van der Waals surface area contributed by atoms with Crippen molar-refractivity contribution < 1.29 is 4.52 Å². The third kappa shape index (κ3) is 3.07. The lowest BCUT2D eigenvalue weighted by atomic mass is 10.00. The van der Waals surface area contributed by atoms with E-state index in [0.717, 1.165) is 22.9 Å². The van der Waals surface area contributed by atoms with Gasteiger partial charge in [-0.05, 0) is 19.4 Å². The molecule has 0 saturated heterocycles. The molecule has 0 spiro atoms. The van der Waals surface area contributed by atoms with Crippen LogP contribution in [0, 0.1) is 0 Å². The zero-order valence-corrected chi connectivity index (χ0v) is 12.4. The van der Waals surface area contributed by atoms with Crippen LogP contribution < -0.4 is 5.73 Å². The molecule has 2 aromatic rings. The number of hydrogen-bond donors (Lipinski definition) is 1. The van der Waals surface area contributed by atoms with Crippen molar-refractivity contribution in [3.8, 4) is 11.6 Å². The molecule has 5 nitrogen and oxygen atoms in total. The monoisotopic (exact) mass is 292 g/mol. The predicted octanol–water partition coefficient (Wildman–Crippen LogP) is 3.13. The molecular weight excluding hydrogens is 272 g/mol. The molecule has 0 amide bonds. The van der Waals surface area contributed by atoms with Gasteiger partial charge in [0, 0.05) is 17.7 Å². The summed E-state index contributed by atoms with van der Waals surface area (Å²) in [5.41, 5.74) is 6.32. The maximum absolute atomic E-state index is 5.54. The van der Waals surface area contributed by atoms with E-state index in [4.69, 9.17) is 10.3 Å². The molecule has 1 fully saturated rings. The molecule has 6 heteroatoms. The van der Waals surface area contributed by atoms with E-state index in [9.17, 15) is 0 Å². The highest BCUT2D eigenvalue weighted by atomic mass is 32.1. The highest BCUT2D eigenvalue weighted by molar-refractivity contribution is 7.09. The molecule has 0 aliphatic heterocycles. The van der Waals surface area contributed by atoms with Gasteiger partial charge >= 0.3 is 0 Å². The van der Waals surface area contributed by atoms with Crippen LogP contribution in [-0.4, -0.2) is 21.7 Å². The summed E-state index contributed by atoms with van der Waals surface area (Å²) in [7, 11) is 0. The molecule has 3 rings (SSSR count). The predicted molar refractivity (Wildman–Crippen MR) is 78.6 cm³/mol. The Hall–Kier alpha value is -1.27. The Morgan fingerprint density at radius 2 is 2.00 bits per heavy atom. The summed E-state index contributed by atoms with van der Waals surface area (Å²) >= 11 is 1.60. The molecule has 0 radical (unpaired) electrons. The highest BCUT2D eigenvalue weighted by Gasteiger charge is 2.21. The molecule has 2 heterocycles. The summed E-state index contributed by atoms with van der Waals surface area (Å²) < 4.78 is 5.39. The van der Waals surface area contributed by atoms with Crippen molar-refractivity contribution in [3.63, 3.8) is 0 Å². The normalized spacial score (nSPS) is 17.2. The molecule has 1 aliphatic rings. The lowest BCUT2D eigenvalue weighted by Crippen LogP contribution is -2.02. The second-order valence-electron chi connectivity index (χ2n) is 5.31. The topological polar surface area (TPSA) is 77.8 Å². The zero-order valence-electron chi connectivity index (χ0n) is 11.5. The first-order valence-corrected chi connectivity index (χ1v) is 8.23. The maximum Gasteiger partial charge on any atom is 0.277 e. The molecule has 0 aromatic carbocycles. The summed E-state index contributed by atoms with van der Waals surface area (Å²) in [6.07, 6.45) is 8.35. The van der Waals surface area contributed by atoms with E-state index in [0.29, 0.717) is 18.4 Å². The Labute approximate surface area is 122 Å². The maximum atomic E-state index is 5.54. The first-order chi connectivity index (χ1) is 9.86. The van der Waals surface area contributed by atoms with E-state index < -0.39 is 0 Å².